The second kappa shape index (κ2) is 9.49. The normalized spacial score (nSPS) is 11.0. The molecule has 0 radical (unpaired) electrons. The van der Waals surface area contributed by atoms with E-state index >= 15 is 0 Å². The van der Waals surface area contributed by atoms with Gasteiger partial charge in [0.2, 0.25) is 0 Å². The zero-order valence-electron chi connectivity index (χ0n) is 17.1. The Morgan fingerprint density at radius 1 is 0.935 bits per heavy atom. The standard InChI is InChI=1S/C24H21N3O4/c1-16-10-12-19(13-11-16)23(28)26-22(15-18-7-5-8-20(14-18)27(30)31)24(29)25-21-9-4-3-6-17(21)2/h3-15H,1-2H3,(H,25,29)(H,26,28)/b22-15+. The predicted octanol–water partition coefficient (Wildman–Crippen LogP) is 4.62. The number of anilines is 1. The number of para-hydroxylation sites is 1. The highest BCUT2D eigenvalue weighted by molar-refractivity contribution is 6.10. The van der Waals surface area contributed by atoms with Gasteiger partial charge in [0.15, 0.2) is 0 Å². The van der Waals surface area contributed by atoms with Crippen LogP contribution < -0.4 is 10.6 Å². The molecule has 156 valence electrons. The van der Waals surface area contributed by atoms with Gasteiger partial charge in [-0.3, -0.25) is 19.7 Å². The Hall–Kier alpha value is -4.26. The largest absolute Gasteiger partial charge is 0.320 e. The van der Waals surface area contributed by atoms with Crippen LogP contribution in [0.3, 0.4) is 0 Å². The summed E-state index contributed by atoms with van der Waals surface area (Å²) in [5.74, 6) is -1.00. The third-order valence-corrected chi connectivity index (χ3v) is 4.59. The van der Waals surface area contributed by atoms with E-state index in [1.54, 1.807) is 42.5 Å². The third-order valence-electron chi connectivity index (χ3n) is 4.59. The summed E-state index contributed by atoms with van der Waals surface area (Å²) < 4.78 is 0. The summed E-state index contributed by atoms with van der Waals surface area (Å²) in [6, 6.07) is 20.0. The lowest BCUT2D eigenvalue weighted by Crippen LogP contribution is -2.30. The maximum atomic E-state index is 13.0. The first-order valence-corrected chi connectivity index (χ1v) is 9.54. The molecule has 0 unspecified atom stereocenters. The molecule has 0 aliphatic heterocycles. The van der Waals surface area contributed by atoms with Crippen molar-refractivity contribution in [2.45, 2.75) is 13.8 Å². The topological polar surface area (TPSA) is 101 Å². The molecule has 0 heterocycles. The molecule has 7 heteroatoms. The number of benzene rings is 3. The number of nitrogens with one attached hydrogen (secondary N) is 2. The SMILES string of the molecule is Cc1ccc(C(=O)N/C(=C/c2cccc([N+](=O)[O-])c2)C(=O)Nc2ccccc2C)cc1. The van der Waals surface area contributed by atoms with Crippen molar-refractivity contribution in [1.82, 2.24) is 5.32 Å². The van der Waals surface area contributed by atoms with Gasteiger partial charge in [-0.2, -0.15) is 0 Å². The van der Waals surface area contributed by atoms with Gasteiger partial charge < -0.3 is 10.6 Å². The Morgan fingerprint density at radius 3 is 2.32 bits per heavy atom. The molecule has 0 saturated carbocycles. The molecule has 0 aromatic heterocycles. The van der Waals surface area contributed by atoms with E-state index in [-0.39, 0.29) is 11.4 Å². The van der Waals surface area contributed by atoms with Crippen LogP contribution in [0.5, 0.6) is 0 Å². The summed E-state index contributed by atoms with van der Waals surface area (Å²) >= 11 is 0. The molecule has 0 aliphatic carbocycles. The maximum absolute atomic E-state index is 13.0. The van der Waals surface area contributed by atoms with Crippen LogP contribution in [-0.2, 0) is 4.79 Å². The number of carbonyl (C=O) groups is 2. The molecular formula is C24H21N3O4. The van der Waals surface area contributed by atoms with Crippen molar-refractivity contribution in [3.63, 3.8) is 0 Å². The van der Waals surface area contributed by atoms with Crippen LogP contribution in [0.4, 0.5) is 11.4 Å². The molecule has 3 aromatic carbocycles. The minimum Gasteiger partial charge on any atom is -0.320 e. The van der Waals surface area contributed by atoms with Gasteiger partial charge in [0.1, 0.15) is 5.70 Å². The molecule has 0 saturated heterocycles. The summed E-state index contributed by atoms with van der Waals surface area (Å²) in [7, 11) is 0. The quantitative estimate of drug-likeness (QED) is 0.348. The Kier molecular flexibility index (Phi) is 6.57. The van der Waals surface area contributed by atoms with Crippen LogP contribution in [0.1, 0.15) is 27.0 Å². The van der Waals surface area contributed by atoms with Crippen molar-refractivity contribution in [1.29, 1.82) is 0 Å². The number of amides is 2. The maximum Gasteiger partial charge on any atom is 0.272 e. The number of nitrogens with zero attached hydrogens (tertiary/aromatic N) is 1. The second-order valence-electron chi connectivity index (χ2n) is 7.00. The molecule has 0 bridgehead atoms. The van der Waals surface area contributed by atoms with Crippen LogP contribution >= 0.6 is 0 Å². The van der Waals surface area contributed by atoms with E-state index in [1.807, 2.05) is 26.0 Å². The fourth-order valence-corrected chi connectivity index (χ4v) is 2.86. The van der Waals surface area contributed by atoms with Crippen molar-refractivity contribution >= 4 is 29.3 Å². The molecule has 2 N–H and O–H groups in total. The molecule has 7 nitrogen and oxygen atoms in total. The molecule has 0 aliphatic rings. The first-order chi connectivity index (χ1) is 14.8. The van der Waals surface area contributed by atoms with E-state index < -0.39 is 16.7 Å². The van der Waals surface area contributed by atoms with Crippen LogP contribution in [0, 0.1) is 24.0 Å². The van der Waals surface area contributed by atoms with E-state index in [0.29, 0.717) is 16.8 Å². The highest BCUT2D eigenvalue weighted by Crippen LogP contribution is 2.18. The van der Waals surface area contributed by atoms with E-state index in [9.17, 15) is 19.7 Å². The van der Waals surface area contributed by atoms with Crippen molar-refractivity contribution in [2.24, 2.45) is 0 Å². The van der Waals surface area contributed by atoms with Gasteiger partial charge in [-0.1, -0.05) is 48.0 Å². The highest BCUT2D eigenvalue weighted by atomic mass is 16.6. The number of rotatable bonds is 6. The zero-order chi connectivity index (χ0) is 22.4. The molecule has 0 fully saturated rings. The monoisotopic (exact) mass is 415 g/mol. The van der Waals surface area contributed by atoms with Gasteiger partial charge in [0, 0.05) is 23.4 Å². The number of hydrogen-bond donors (Lipinski definition) is 2. The number of carbonyl (C=O) groups excluding carboxylic acids is 2. The van der Waals surface area contributed by atoms with Crippen LogP contribution in [0.15, 0.2) is 78.5 Å². The van der Waals surface area contributed by atoms with Gasteiger partial charge in [0.05, 0.1) is 4.92 Å². The number of nitro benzene ring substituents is 1. The van der Waals surface area contributed by atoms with E-state index in [4.69, 9.17) is 0 Å². The Bertz CT molecular complexity index is 1170. The van der Waals surface area contributed by atoms with Crippen LogP contribution in [0.2, 0.25) is 0 Å². The minimum atomic E-state index is -0.540. The number of nitro groups is 1. The van der Waals surface area contributed by atoms with Gasteiger partial charge in [-0.05, 0) is 49.2 Å². The average molecular weight is 415 g/mol. The molecule has 3 rings (SSSR count). The molecule has 3 aromatic rings. The predicted molar refractivity (Wildman–Crippen MR) is 120 cm³/mol. The summed E-state index contributed by atoms with van der Waals surface area (Å²) in [4.78, 5) is 36.3. The van der Waals surface area contributed by atoms with Crippen molar-refractivity contribution in [2.75, 3.05) is 5.32 Å². The number of hydrogen-bond acceptors (Lipinski definition) is 4. The molecule has 2 amide bonds. The van der Waals surface area contributed by atoms with Crippen LogP contribution in [-0.4, -0.2) is 16.7 Å². The fourth-order valence-electron chi connectivity index (χ4n) is 2.86. The summed E-state index contributed by atoms with van der Waals surface area (Å²) in [5, 5.41) is 16.5. The van der Waals surface area contributed by atoms with Crippen LogP contribution in [0.25, 0.3) is 6.08 Å². The zero-order valence-corrected chi connectivity index (χ0v) is 17.1. The minimum absolute atomic E-state index is 0.0330. The average Bonchev–Trinajstić information content (AvgIpc) is 2.75. The third kappa shape index (κ3) is 5.63. The van der Waals surface area contributed by atoms with E-state index in [0.717, 1.165) is 11.1 Å². The number of aryl methyl sites for hydroxylation is 2. The molecule has 31 heavy (non-hydrogen) atoms. The number of non-ortho nitro benzene ring substituents is 1. The van der Waals surface area contributed by atoms with Gasteiger partial charge in [0.25, 0.3) is 17.5 Å². The smallest absolute Gasteiger partial charge is 0.272 e. The lowest BCUT2D eigenvalue weighted by Gasteiger charge is -2.13. The summed E-state index contributed by atoms with van der Waals surface area (Å²) in [5.41, 5.74) is 3.11. The first kappa shape index (κ1) is 21.4. The fraction of sp³-hybridized carbons (Fsp3) is 0.0833. The first-order valence-electron chi connectivity index (χ1n) is 9.54. The van der Waals surface area contributed by atoms with Gasteiger partial charge in [-0.15, -0.1) is 0 Å². The Balaban J connectivity index is 1.94. The van der Waals surface area contributed by atoms with Crippen molar-refractivity contribution < 1.29 is 14.5 Å². The van der Waals surface area contributed by atoms with Crippen molar-refractivity contribution in [3.8, 4) is 0 Å². The van der Waals surface area contributed by atoms with Crippen molar-refractivity contribution in [3.05, 3.63) is 111 Å². The lowest BCUT2D eigenvalue weighted by atomic mass is 10.1. The van der Waals surface area contributed by atoms with Gasteiger partial charge >= 0.3 is 0 Å². The Labute approximate surface area is 179 Å². The Morgan fingerprint density at radius 2 is 1.65 bits per heavy atom. The summed E-state index contributed by atoms with van der Waals surface area (Å²) in [6.07, 6.45) is 1.41. The molecule has 0 atom stereocenters. The molecular weight excluding hydrogens is 394 g/mol. The van der Waals surface area contributed by atoms with Gasteiger partial charge in [-0.25, -0.2) is 0 Å². The van der Waals surface area contributed by atoms with E-state index in [1.165, 1.54) is 24.3 Å². The lowest BCUT2D eigenvalue weighted by molar-refractivity contribution is -0.384. The summed E-state index contributed by atoms with van der Waals surface area (Å²) in [6.45, 7) is 3.76. The highest BCUT2D eigenvalue weighted by Gasteiger charge is 2.16. The van der Waals surface area contributed by atoms with E-state index in [2.05, 4.69) is 10.6 Å². The molecule has 0 spiro atoms. The second-order valence-corrected chi connectivity index (χ2v) is 7.00.